The van der Waals surface area contributed by atoms with Crippen molar-refractivity contribution in [3.8, 4) is 17.6 Å². The molecule has 0 amide bonds. The number of methoxy groups -OCH3 is 2. The van der Waals surface area contributed by atoms with Gasteiger partial charge in [-0.25, -0.2) is 0 Å². The fourth-order valence-corrected chi connectivity index (χ4v) is 1.94. The molecule has 1 heterocycles. The Morgan fingerprint density at radius 1 is 1.20 bits per heavy atom. The zero-order chi connectivity index (χ0) is 14.5. The Morgan fingerprint density at radius 3 is 2.55 bits per heavy atom. The van der Waals surface area contributed by atoms with Crippen LogP contribution in [0.2, 0.25) is 0 Å². The van der Waals surface area contributed by atoms with Gasteiger partial charge in [-0.1, -0.05) is 0 Å². The van der Waals surface area contributed by atoms with E-state index in [1.165, 1.54) is 6.20 Å². The highest BCUT2D eigenvalue weighted by Gasteiger charge is 2.19. The van der Waals surface area contributed by atoms with E-state index in [4.69, 9.17) is 15.2 Å². The van der Waals surface area contributed by atoms with Crippen molar-refractivity contribution in [2.75, 3.05) is 20.0 Å². The van der Waals surface area contributed by atoms with Gasteiger partial charge >= 0.3 is 0 Å². The second-order valence-electron chi connectivity index (χ2n) is 4.19. The maximum absolute atomic E-state index is 9.44. The van der Waals surface area contributed by atoms with Gasteiger partial charge in [0.2, 0.25) is 0 Å². The quantitative estimate of drug-likeness (QED) is 0.921. The van der Waals surface area contributed by atoms with Crippen molar-refractivity contribution in [1.82, 2.24) is 4.98 Å². The van der Waals surface area contributed by atoms with Gasteiger partial charge in [-0.3, -0.25) is 4.98 Å². The normalized spacial score (nSPS) is 11.4. The van der Waals surface area contributed by atoms with E-state index in [1.54, 1.807) is 38.5 Å². The average Bonchev–Trinajstić information content (AvgIpc) is 2.50. The average molecular weight is 269 g/mol. The summed E-state index contributed by atoms with van der Waals surface area (Å²) >= 11 is 0. The third kappa shape index (κ3) is 2.64. The summed E-state index contributed by atoms with van der Waals surface area (Å²) in [6, 6.07) is 11.1. The van der Waals surface area contributed by atoms with E-state index in [1.807, 2.05) is 6.07 Å². The molecule has 0 spiro atoms. The van der Waals surface area contributed by atoms with Gasteiger partial charge in [-0.15, -0.1) is 0 Å². The van der Waals surface area contributed by atoms with Crippen LogP contribution in [-0.2, 0) is 0 Å². The lowest BCUT2D eigenvalue weighted by molar-refractivity contribution is 0.391. The van der Waals surface area contributed by atoms with Crippen LogP contribution in [0.15, 0.2) is 36.5 Å². The molecule has 1 aromatic heterocycles. The van der Waals surface area contributed by atoms with Crippen molar-refractivity contribution in [3.05, 3.63) is 47.8 Å². The minimum atomic E-state index is -0.517. The highest BCUT2D eigenvalue weighted by atomic mass is 16.5. The van der Waals surface area contributed by atoms with Crippen LogP contribution in [0.3, 0.4) is 0 Å². The summed E-state index contributed by atoms with van der Waals surface area (Å²) in [5.41, 5.74) is 7.55. The summed E-state index contributed by atoms with van der Waals surface area (Å²) in [6.45, 7) is 0. The van der Waals surface area contributed by atoms with Crippen LogP contribution >= 0.6 is 0 Å². The lowest BCUT2D eigenvalue weighted by Crippen LogP contribution is -2.04. The SMILES string of the molecule is COc1ccc(C(C#N)c2ccc(N)cn2)c(OC)c1. The predicted octanol–water partition coefficient (Wildman–Crippen LogP) is 2.34. The third-order valence-corrected chi connectivity index (χ3v) is 2.99. The third-order valence-electron chi connectivity index (χ3n) is 2.99. The Bertz CT molecular complexity index is 633. The van der Waals surface area contributed by atoms with E-state index in [-0.39, 0.29) is 0 Å². The first-order chi connectivity index (χ1) is 9.69. The number of rotatable bonds is 4. The van der Waals surface area contributed by atoms with Crippen LogP contribution in [0.1, 0.15) is 17.2 Å². The second-order valence-corrected chi connectivity index (χ2v) is 4.19. The largest absolute Gasteiger partial charge is 0.497 e. The van der Waals surface area contributed by atoms with E-state index >= 15 is 0 Å². The van der Waals surface area contributed by atoms with Crippen molar-refractivity contribution in [3.63, 3.8) is 0 Å². The summed E-state index contributed by atoms with van der Waals surface area (Å²) in [7, 11) is 3.14. The molecule has 0 aliphatic rings. The highest BCUT2D eigenvalue weighted by Crippen LogP contribution is 2.33. The van der Waals surface area contributed by atoms with E-state index in [0.717, 1.165) is 5.56 Å². The molecule has 0 saturated carbocycles. The van der Waals surface area contributed by atoms with E-state index in [0.29, 0.717) is 22.9 Å². The summed E-state index contributed by atoms with van der Waals surface area (Å²) in [6.07, 6.45) is 1.54. The smallest absolute Gasteiger partial charge is 0.127 e. The van der Waals surface area contributed by atoms with Crippen molar-refractivity contribution in [2.24, 2.45) is 0 Å². The van der Waals surface area contributed by atoms with Crippen molar-refractivity contribution >= 4 is 5.69 Å². The number of hydrogen-bond donors (Lipinski definition) is 1. The molecule has 5 nitrogen and oxygen atoms in total. The number of nitrogens with two attached hydrogens (primary N) is 1. The monoisotopic (exact) mass is 269 g/mol. The van der Waals surface area contributed by atoms with Crippen LogP contribution in [-0.4, -0.2) is 19.2 Å². The van der Waals surface area contributed by atoms with Crippen molar-refractivity contribution in [2.45, 2.75) is 5.92 Å². The zero-order valence-corrected chi connectivity index (χ0v) is 11.3. The van der Waals surface area contributed by atoms with Crippen LogP contribution in [0.4, 0.5) is 5.69 Å². The molecule has 20 heavy (non-hydrogen) atoms. The van der Waals surface area contributed by atoms with E-state index < -0.39 is 5.92 Å². The highest BCUT2D eigenvalue weighted by molar-refractivity contribution is 5.49. The number of anilines is 1. The maximum atomic E-state index is 9.44. The van der Waals surface area contributed by atoms with Crippen LogP contribution in [0, 0.1) is 11.3 Å². The van der Waals surface area contributed by atoms with Gasteiger partial charge < -0.3 is 15.2 Å². The number of nitrogen functional groups attached to an aromatic ring is 1. The maximum Gasteiger partial charge on any atom is 0.127 e. The first-order valence-electron chi connectivity index (χ1n) is 6.02. The molecule has 0 aliphatic carbocycles. The molecule has 102 valence electrons. The molecule has 2 rings (SSSR count). The number of benzene rings is 1. The van der Waals surface area contributed by atoms with Crippen molar-refractivity contribution < 1.29 is 9.47 Å². The minimum Gasteiger partial charge on any atom is -0.497 e. The van der Waals surface area contributed by atoms with Crippen LogP contribution < -0.4 is 15.2 Å². The lowest BCUT2D eigenvalue weighted by Gasteiger charge is -2.14. The molecular weight excluding hydrogens is 254 g/mol. The molecule has 1 unspecified atom stereocenters. The summed E-state index contributed by atoms with van der Waals surface area (Å²) in [4.78, 5) is 4.21. The Kier molecular flexibility index (Phi) is 4.06. The number of nitriles is 1. The van der Waals surface area contributed by atoms with Crippen LogP contribution in [0.25, 0.3) is 0 Å². The number of hydrogen-bond acceptors (Lipinski definition) is 5. The molecule has 2 N–H and O–H groups in total. The number of pyridine rings is 1. The van der Waals surface area contributed by atoms with Gasteiger partial charge in [0.25, 0.3) is 0 Å². The fourth-order valence-electron chi connectivity index (χ4n) is 1.94. The van der Waals surface area contributed by atoms with Gasteiger partial charge in [0.1, 0.15) is 17.4 Å². The predicted molar refractivity (Wildman–Crippen MR) is 75.7 cm³/mol. The van der Waals surface area contributed by atoms with E-state index in [9.17, 15) is 5.26 Å². The zero-order valence-electron chi connectivity index (χ0n) is 11.3. The number of aromatic nitrogens is 1. The number of ether oxygens (including phenoxy) is 2. The first-order valence-corrected chi connectivity index (χ1v) is 6.02. The van der Waals surface area contributed by atoms with Gasteiger partial charge in [0, 0.05) is 11.6 Å². The standard InChI is InChI=1S/C15H15N3O2/c1-19-11-4-5-12(15(7-11)20-2)13(8-16)14-6-3-10(17)9-18-14/h3-7,9,13H,17H2,1-2H3. The molecule has 5 heteroatoms. The second kappa shape index (κ2) is 5.93. The molecule has 0 saturated heterocycles. The topological polar surface area (TPSA) is 81.2 Å². The van der Waals surface area contributed by atoms with Gasteiger partial charge in [-0.05, 0) is 24.3 Å². The molecule has 0 aliphatic heterocycles. The summed E-state index contributed by atoms with van der Waals surface area (Å²) < 4.78 is 10.5. The van der Waals surface area contributed by atoms with Crippen LogP contribution in [0.5, 0.6) is 11.5 Å². The Hall–Kier alpha value is -2.74. The molecule has 0 fully saturated rings. The first kappa shape index (κ1) is 13.7. The number of nitrogens with zero attached hydrogens (tertiary/aromatic N) is 2. The summed E-state index contributed by atoms with van der Waals surface area (Å²) in [5, 5.41) is 9.44. The van der Waals surface area contributed by atoms with E-state index in [2.05, 4.69) is 11.1 Å². The summed E-state index contributed by atoms with van der Waals surface area (Å²) in [5.74, 6) is 0.749. The fraction of sp³-hybridized carbons (Fsp3) is 0.200. The van der Waals surface area contributed by atoms with Crippen molar-refractivity contribution in [1.29, 1.82) is 5.26 Å². The molecule has 1 atom stereocenters. The molecular formula is C15H15N3O2. The van der Waals surface area contributed by atoms with Gasteiger partial charge in [0.05, 0.1) is 37.9 Å². The molecule has 0 radical (unpaired) electrons. The van der Waals surface area contributed by atoms with Gasteiger partial charge in [-0.2, -0.15) is 5.26 Å². The molecule has 1 aromatic carbocycles. The van der Waals surface area contributed by atoms with Gasteiger partial charge in [0.15, 0.2) is 0 Å². The molecule has 2 aromatic rings. The Morgan fingerprint density at radius 2 is 2.00 bits per heavy atom. The Balaban J connectivity index is 2.47. The Labute approximate surface area is 117 Å². The lowest BCUT2D eigenvalue weighted by atomic mass is 9.95. The minimum absolute atomic E-state index is 0.517. The molecule has 0 bridgehead atoms.